The zero-order chi connectivity index (χ0) is 11.3. The van der Waals surface area contributed by atoms with Crippen molar-refractivity contribution >= 4 is 5.69 Å². The number of anilines is 1. The van der Waals surface area contributed by atoms with E-state index in [9.17, 15) is 0 Å². The molecular weight excluding hydrogens is 186 g/mol. The van der Waals surface area contributed by atoms with Gasteiger partial charge in [-0.2, -0.15) is 0 Å². The highest BCUT2D eigenvalue weighted by Crippen LogP contribution is 2.28. The van der Waals surface area contributed by atoms with Crippen LogP contribution in [0.25, 0.3) is 0 Å². The van der Waals surface area contributed by atoms with Crippen LogP contribution in [0.15, 0.2) is 24.3 Å². The predicted molar refractivity (Wildman–Crippen MR) is 65.5 cm³/mol. The smallest absolute Gasteiger partial charge is 0.0606 e. The van der Waals surface area contributed by atoms with E-state index in [1.807, 2.05) is 7.05 Å². The highest BCUT2D eigenvalue weighted by molar-refractivity contribution is 5.54. The molecule has 0 bridgehead atoms. The Morgan fingerprint density at radius 3 is 2.60 bits per heavy atom. The molecule has 0 radical (unpaired) electrons. The number of para-hydroxylation sites is 1. The van der Waals surface area contributed by atoms with Gasteiger partial charge in [0, 0.05) is 19.3 Å². The van der Waals surface area contributed by atoms with Gasteiger partial charge in [-0.1, -0.05) is 32.0 Å². The SMILES string of the molecule is CCC(C)c1ccccc1N(C)CCO. The van der Waals surface area contributed by atoms with Gasteiger partial charge in [-0.3, -0.25) is 0 Å². The van der Waals surface area contributed by atoms with Crippen LogP contribution >= 0.6 is 0 Å². The Kier molecular flexibility index (Phi) is 4.63. The van der Waals surface area contributed by atoms with E-state index in [4.69, 9.17) is 5.11 Å². The van der Waals surface area contributed by atoms with E-state index in [0.29, 0.717) is 12.5 Å². The largest absolute Gasteiger partial charge is 0.395 e. The predicted octanol–water partition coefficient (Wildman–Crippen LogP) is 2.63. The lowest BCUT2D eigenvalue weighted by Crippen LogP contribution is -2.22. The van der Waals surface area contributed by atoms with Crippen LogP contribution in [-0.4, -0.2) is 25.3 Å². The summed E-state index contributed by atoms with van der Waals surface area (Å²) in [5.74, 6) is 0.572. The van der Waals surface area contributed by atoms with Crippen LogP contribution in [0.2, 0.25) is 0 Å². The summed E-state index contributed by atoms with van der Waals surface area (Å²) < 4.78 is 0. The average Bonchev–Trinajstić information content (AvgIpc) is 2.28. The quantitative estimate of drug-likeness (QED) is 0.802. The molecule has 15 heavy (non-hydrogen) atoms. The van der Waals surface area contributed by atoms with Crippen molar-refractivity contribution in [2.45, 2.75) is 26.2 Å². The van der Waals surface area contributed by atoms with Crippen LogP contribution in [0.5, 0.6) is 0 Å². The zero-order valence-corrected chi connectivity index (χ0v) is 9.90. The third-order valence-electron chi connectivity index (χ3n) is 2.93. The molecule has 0 saturated heterocycles. The van der Waals surface area contributed by atoms with Gasteiger partial charge in [0.15, 0.2) is 0 Å². The number of nitrogens with zero attached hydrogens (tertiary/aromatic N) is 1. The van der Waals surface area contributed by atoms with E-state index in [1.54, 1.807) is 0 Å². The molecule has 0 aliphatic heterocycles. The summed E-state index contributed by atoms with van der Waals surface area (Å²) >= 11 is 0. The first kappa shape index (κ1) is 12.1. The molecule has 2 heteroatoms. The first-order chi connectivity index (χ1) is 7.20. The molecule has 0 spiro atoms. The highest BCUT2D eigenvalue weighted by Gasteiger charge is 2.10. The third-order valence-corrected chi connectivity index (χ3v) is 2.93. The first-order valence-electron chi connectivity index (χ1n) is 5.61. The molecule has 84 valence electrons. The molecule has 1 aromatic carbocycles. The van der Waals surface area contributed by atoms with Crippen molar-refractivity contribution in [2.75, 3.05) is 25.1 Å². The Balaban J connectivity index is 2.95. The minimum atomic E-state index is 0.200. The van der Waals surface area contributed by atoms with Gasteiger partial charge >= 0.3 is 0 Å². The molecule has 1 unspecified atom stereocenters. The molecule has 0 aliphatic rings. The molecule has 1 aromatic rings. The summed E-state index contributed by atoms with van der Waals surface area (Å²) in [7, 11) is 2.03. The lowest BCUT2D eigenvalue weighted by atomic mass is 9.96. The van der Waals surface area contributed by atoms with Crippen LogP contribution in [0.3, 0.4) is 0 Å². The van der Waals surface area contributed by atoms with Gasteiger partial charge in [0.1, 0.15) is 0 Å². The second kappa shape index (κ2) is 5.76. The second-order valence-electron chi connectivity index (χ2n) is 4.01. The van der Waals surface area contributed by atoms with E-state index < -0.39 is 0 Å². The number of benzene rings is 1. The zero-order valence-electron chi connectivity index (χ0n) is 9.90. The van der Waals surface area contributed by atoms with Crippen LogP contribution in [-0.2, 0) is 0 Å². The molecule has 0 aromatic heterocycles. The van der Waals surface area contributed by atoms with Gasteiger partial charge in [0.05, 0.1) is 6.61 Å². The summed E-state index contributed by atoms with van der Waals surface area (Å²) in [5, 5.41) is 8.94. The molecule has 0 saturated carbocycles. The monoisotopic (exact) mass is 207 g/mol. The maximum absolute atomic E-state index is 8.94. The van der Waals surface area contributed by atoms with Gasteiger partial charge in [0.2, 0.25) is 0 Å². The van der Waals surface area contributed by atoms with Crippen LogP contribution < -0.4 is 4.90 Å². The summed E-state index contributed by atoms with van der Waals surface area (Å²) in [6.07, 6.45) is 1.14. The highest BCUT2D eigenvalue weighted by atomic mass is 16.3. The maximum Gasteiger partial charge on any atom is 0.0606 e. The van der Waals surface area contributed by atoms with Crippen LogP contribution in [0.4, 0.5) is 5.69 Å². The summed E-state index contributed by atoms with van der Waals surface area (Å²) in [4.78, 5) is 2.11. The van der Waals surface area contributed by atoms with Crippen molar-refractivity contribution in [3.63, 3.8) is 0 Å². The summed E-state index contributed by atoms with van der Waals surface area (Å²) in [6, 6.07) is 8.43. The molecule has 0 aliphatic carbocycles. The maximum atomic E-state index is 8.94. The number of hydrogen-bond donors (Lipinski definition) is 1. The molecule has 0 fully saturated rings. The topological polar surface area (TPSA) is 23.5 Å². The Bertz CT molecular complexity index is 298. The Morgan fingerprint density at radius 2 is 2.00 bits per heavy atom. The van der Waals surface area contributed by atoms with Crippen LogP contribution in [0.1, 0.15) is 31.7 Å². The van der Waals surface area contributed by atoms with Crippen molar-refractivity contribution in [3.05, 3.63) is 29.8 Å². The molecular formula is C13H21NO. The molecule has 2 nitrogen and oxygen atoms in total. The third kappa shape index (κ3) is 2.96. The lowest BCUT2D eigenvalue weighted by Gasteiger charge is -2.24. The number of aliphatic hydroxyl groups is 1. The normalized spacial score (nSPS) is 12.5. The standard InChI is InChI=1S/C13H21NO/c1-4-11(2)12-7-5-6-8-13(12)14(3)9-10-15/h5-8,11,15H,4,9-10H2,1-3H3. The summed E-state index contributed by atoms with van der Waals surface area (Å²) in [5.41, 5.74) is 2.61. The lowest BCUT2D eigenvalue weighted by molar-refractivity contribution is 0.304. The van der Waals surface area contributed by atoms with Crippen molar-refractivity contribution in [2.24, 2.45) is 0 Å². The van der Waals surface area contributed by atoms with Crippen LogP contribution in [0, 0.1) is 0 Å². The number of likely N-dealkylation sites (N-methyl/N-ethyl adjacent to an activating group) is 1. The molecule has 0 heterocycles. The van der Waals surface area contributed by atoms with E-state index in [-0.39, 0.29) is 6.61 Å². The fourth-order valence-electron chi connectivity index (χ4n) is 1.74. The fourth-order valence-corrected chi connectivity index (χ4v) is 1.74. The Morgan fingerprint density at radius 1 is 1.33 bits per heavy atom. The Hall–Kier alpha value is -1.02. The first-order valence-corrected chi connectivity index (χ1v) is 5.61. The fraction of sp³-hybridized carbons (Fsp3) is 0.538. The summed E-state index contributed by atoms with van der Waals surface area (Å²) in [6.45, 7) is 5.33. The van der Waals surface area contributed by atoms with E-state index in [1.165, 1.54) is 11.3 Å². The average molecular weight is 207 g/mol. The molecule has 1 rings (SSSR count). The molecule has 1 N–H and O–H groups in total. The second-order valence-corrected chi connectivity index (χ2v) is 4.01. The van der Waals surface area contributed by atoms with Gasteiger partial charge < -0.3 is 10.0 Å². The number of aliphatic hydroxyl groups excluding tert-OH is 1. The minimum absolute atomic E-state index is 0.200. The molecule has 1 atom stereocenters. The van der Waals surface area contributed by atoms with Gasteiger partial charge in [-0.05, 0) is 24.0 Å². The van der Waals surface area contributed by atoms with E-state index in [0.717, 1.165) is 6.42 Å². The van der Waals surface area contributed by atoms with Gasteiger partial charge in [0.25, 0.3) is 0 Å². The van der Waals surface area contributed by atoms with Gasteiger partial charge in [-0.25, -0.2) is 0 Å². The van der Waals surface area contributed by atoms with E-state index >= 15 is 0 Å². The molecule has 0 amide bonds. The van der Waals surface area contributed by atoms with Crippen molar-refractivity contribution in [1.29, 1.82) is 0 Å². The number of rotatable bonds is 5. The minimum Gasteiger partial charge on any atom is -0.395 e. The number of hydrogen-bond acceptors (Lipinski definition) is 2. The van der Waals surface area contributed by atoms with E-state index in [2.05, 4.69) is 43.0 Å². The van der Waals surface area contributed by atoms with Crippen molar-refractivity contribution in [1.82, 2.24) is 0 Å². The Labute approximate surface area is 92.5 Å². The van der Waals surface area contributed by atoms with Gasteiger partial charge in [-0.15, -0.1) is 0 Å². The van der Waals surface area contributed by atoms with Crippen molar-refractivity contribution < 1.29 is 5.11 Å². The van der Waals surface area contributed by atoms with Crippen molar-refractivity contribution in [3.8, 4) is 0 Å².